The number of hydrogen-bond donors (Lipinski definition) is 1. The van der Waals surface area contributed by atoms with Crippen LogP contribution in [0.15, 0.2) is 24.3 Å². The molecule has 0 aliphatic heterocycles. The molecule has 3 atom stereocenters. The van der Waals surface area contributed by atoms with Gasteiger partial charge in [0.25, 0.3) is 0 Å². The van der Waals surface area contributed by atoms with Crippen molar-refractivity contribution in [3.05, 3.63) is 34.4 Å². The lowest BCUT2D eigenvalue weighted by Gasteiger charge is -2.44. The Bertz CT molecular complexity index is 480. The molecule has 1 fully saturated rings. The van der Waals surface area contributed by atoms with E-state index in [0.717, 1.165) is 19.4 Å². The largest absolute Gasteiger partial charge is 0.481 e. The van der Waals surface area contributed by atoms with Gasteiger partial charge in [0, 0.05) is 25.1 Å². The zero-order valence-electron chi connectivity index (χ0n) is 12.5. The second kappa shape index (κ2) is 7.38. The van der Waals surface area contributed by atoms with Gasteiger partial charge in [-0.25, -0.2) is 0 Å². The maximum Gasteiger partial charge on any atom is 0.310 e. The van der Waals surface area contributed by atoms with E-state index in [4.69, 9.17) is 9.47 Å². The summed E-state index contributed by atoms with van der Waals surface area (Å²) in [6.45, 7) is 5.64. The standard InChI is InChI=1S/C15H22N2O4/c1-3-9-20-15-11(16-4-2)10-14(15)21-13-8-6-5-7-12(13)17(18)19/h5-8,11,14-16H,3-4,9-10H2,1-2H3. The SMILES string of the molecule is CCCOC1C(NCC)CC1Oc1ccccc1[N+](=O)[O-]. The van der Waals surface area contributed by atoms with E-state index >= 15 is 0 Å². The lowest BCUT2D eigenvalue weighted by atomic mass is 9.85. The van der Waals surface area contributed by atoms with E-state index < -0.39 is 4.92 Å². The van der Waals surface area contributed by atoms with Crippen molar-refractivity contribution in [3.63, 3.8) is 0 Å². The molecular weight excluding hydrogens is 272 g/mol. The summed E-state index contributed by atoms with van der Waals surface area (Å²) in [6.07, 6.45) is 1.55. The molecule has 21 heavy (non-hydrogen) atoms. The summed E-state index contributed by atoms with van der Waals surface area (Å²) in [5, 5.41) is 14.4. The van der Waals surface area contributed by atoms with Gasteiger partial charge in [-0.15, -0.1) is 0 Å². The summed E-state index contributed by atoms with van der Waals surface area (Å²) in [5.74, 6) is 0.313. The molecule has 0 bridgehead atoms. The third kappa shape index (κ3) is 3.71. The van der Waals surface area contributed by atoms with Crippen molar-refractivity contribution in [2.75, 3.05) is 13.2 Å². The fraction of sp³-hybridized carbons (Fsp3) is 0.600. The van der Waals surface area contributed by atoms with Gasteiger partial charge in [-0.1, -0.05) is 26.0 Å². The van der Waals surface area contributed by atoms with E-state index in [9.17, 15) is 10.1 Å². The van der Waals surface area contributed by atoms with Crippen molar-refractivity contribution in [1.29, 1.82) is 0 Å². The van der Waals surface area contributed by atoms with Crippen molar-refractivity contribution >= 4 is 5.69 Å². The fourth-order valence-electron chi connectivity index (χ4n) is 2.51. The molecule has 0 heterocycles. The summed E-state index contributed by atoms with van der Waals surface area (Å²) < 4.78 is 11.6. The smallest absolute Gasteiger partial charge is 0.310 e. The van der Waals surface area contributed by atoms with Gasteiger partial charge in [0.15, 0.2) is 5.75 Å². The number of nitro benzene ring substituents is 1. The van der Waals surface area contributed by atoms with Crippen molar-refractivity contribution < 1.29 is 14.4 Å². The molecule has 0 spiro atoms. The maximum atomic E-state index is 11.0. The summed E-state index contributed by atoms with van der Waals surface area (Å²) in [7, 11) is 0. The Labute approximate surface area is 124 Å². The zero-order chi connectivity index (χ0) is 15.2. The van der Waals surface area contributed by atoms with Gasteiger partial charge in [-0.3, -0.25) is 10.1 Å². The van der Waals surface area contributed by atoms with E-state index in [0.29, 0.717) is 12.4 Å². The summed E-state index contributed by atoms with van der Waals surface area (Å²) in [6, 6.07) is 6.73. The average Bonchev–Trinajstić information content (AvgIpc) is 2.46. The summed E-state index contributed by atoms with van der Waals surface area (Å²) >= 11 is 0. The molecule has 2 rings (SSSR count). The van der Waals surface area contributed by atoms with Crippen LogP contribution in [0.25, 0.3) is 0 Å². The Morgan fingerprint density at radius 3 is 2.81 bits per heavy atom. The normalized spacial score (nSPS) is 24.4. The predicted molar refractivity (Wildman–Crippen MR) is 79.6 cm³/mol. The molecule has 116 valence electrons. The fourth-order valence-corrected chi connectivity index (χ4v) is 2.51. The number of nitrogens with zero attached hydrogens (tertiary/aromatic N) is 1. The minimum Gasteiger partial charge on any atom is -0.481 e. The number of hydrogen-bond acceptors (Lipinski definition) is 5. The third-order valence-electron chi connectivity index (χ3n) is 3.57. The van der Waals surface area contributed by atoms with Gasteiger partial charge in [-0.05, 0) is 19.0 Å². The summed E-state index contributed by atoms with van der Waals surface area (Å²) in [5.41, 5.74) is -0.00126. The number of nitro groups is 1. The van der Waals surface area contributed by atoms with Crippen LogP contribution in [0.5, 0.6) is 5.75 Å². The van der Waals surface area contributed by atoms with Gasteiger partial charge in [-0.2, -0.15) is 0 Å². The minimum absolute atomic E-state index is 0.00126. The molecule has 3 unspecified atom stereocenters. The maximum absolute atomic E-state index is 11.0. The Morgan fingerprint density at radius 2 is 2.14 bits per heavy atom. The topological polar surface area (TPSA) is 73.6 Å². The lowest BCUT2D eigenvalue weighted by Crippen LogP contribution is -2.61. The first-order valence-electron chi connectivity index (χ1n) is 7.42. The summed E-state index contributed by atoms with van der Waals surface area (Å²) in [4.78, 5) is 10.6. The average molecular weight is 294 g/mol. The van der Waals surface area contributed by atoms with E-state index in [1.54, 1.807) is 18.2 Å². The third-order valence-corrected chi connectivity index (χ3v) is 3.57. The number of para-hydroxylation sites is 2. The second-order valence-electron chi connectivity index (χ2n) is 5.12. The van der Waals surface area contributed by atoms with Gasteiger partial charge >= 0.3 is 5.69 Å². The van der Waals surface area contributed by atoms with E-state index in [1.165, 1.54) is 6.07 Å². The lowest BCUT2D eigenvalue weighted by molar-refractivity contribution is -0.386. The molecule has 0 radical (unpaired) electrons. The van der Waals surface area contributed by atoms with Gasteiger partial charge in [0.05, 0.1) is 4.92 Å². The Balaban J connectivity index is 2.03. The Morgan fingerprint density at radius 1 is 1.38 bits per heavy atom. The van der Waals surface area contributed by atoms with Crippen LogP contribution in [0.3, 0.4) is 0 Å². The van der Waals surface area contributed by atoms with Crippen LogP contribution >= 0.6 is 0 Å². The van der Waals surface area contributed by atoms with Gasteiger partial charge in [0.2, 0.25) is 0 Å². The van der Waals surface area contributed by atoms with Gasteiger partial charge in [0.1, 0.15) is 12.2 Å². The molecule has 0 saturated heterocycles. The predicted octanol–water partition coefficient (Wildman–Crippen LogP) is 2.52. The molecule has 1 aliphatic rings. The van der Waals surface area contributed by atoms with Gasteiger partial charge < -0.3 is 14.8 Å². The van der Waals surface area contributed by atoms with Crippen LogP contribution < -0.4 is 10.1 Å². The molecule has 1 saturated carbocycles. The first-order chi connectivity index (χ1) is 10.2. The molecular formula is C15H22N2O4. The number of benzene rings is 1. The van der Waals surface area contributed by atoms with Crippen LogP contribution in [0.2, 0.25) is 0 Å². The monoisotopic (exact) mass is 294 g/mol. The molecule has 0 aromatic heterocycles. The molecule has 1 N–H and O–H groups in total. The Kier molecular flexibility index (Phi) is 5.52. The number of rotatable bonds is 8. The highest BCUT2D eigenvalue weighted by Gasteiger charge is 2.44. The minimum atomic E-state index is -0.419. The molecule has 0 amide bonds. The first-order valence-corrected chi connectivity index (χ1v) is 7.42. The molecule has 1 aliphatic carbocycles. The van der Waals surface area contributed by atoms with Crippen molar-refractivity contribution in [2.24, 2.45) is 0 Å². The molecule has 6 nitrogen and oxygen atoms in total. The highest BCUT2D eigenvalue weighted by Crippen LogP contribution is 2.33. The van der Waals surface area contributed by atoms with Crippen LogP contribution in [-0.2, 0) is 4.74 Å². The zero-order valence-corrected chi connectivity index (χ0v) is 12.5. The number of likely N-dealkylation sites (N-methyl/N-ethyl adjacent to an activating group) is 1. The van der Waals surface area contributed by atoms with Crippen molar-refractivity contribution in [1.82, 2.24) is 5.32 Å². The second-order valence-corrected chi connectivity index (χ2v) is 5.12. The van der Waals surface area contributed by atoms with Crippen molar-refractivity contribution in [2.45, 2.75) is 44.9 Å². The molecule has 1 aromatic carbocycles. The Hall–Kier alpha value is -1.66. The van der Waals surface area contributed by atoms with Crippen LogP contribution in [-0.4, -0.2) is 36.3 Å². The van der Waals surface area contributed by atoms with E-state index in [-0.39, 0.29) is 23.9 Å². The van der Waals surface area contributed by atoms with Crippen LogP contribution in [0.4, 0.5) is 5.69 Å². The highest BCUT2D eigenvalue weighted by molar-refractivity contribution is 5.46. The van der Waals surface area contributed by atoms with E-state index in [1.807, 2.05) is 6.92 Å². The molecule has 1 aromatic rings. The van der Waals surface area contributed by atoms with Crippen molar-refractivity contribution in [3.8, 4) is 5.75 Å². The molecule has 6 heteroatoms. The first kappa shape index (κ1) is 15.7. The van der Waals surface area contributed by atoms with E-state index in [2.05, 4.69) is 12.2 Å². The van der Waals surface area contributed by atoms with Crippen LogP contribution in [0, 0.1) is 10.1 Å². The highest BCUT2D eigenvalue weighted by atomic mass is 16.6. The quantitative estimate of drug-likeness (QED) is 0.589. The van der Waals surface area contributed by atoms with Crippen LogP contribution in [0.1, 0.15) is 26.7 Å². The number of ether oxygens (including phenoxy) is 2. The number of nitrogens with one attached hydrogen (secondary N) is 1.